The Hall–Kier alpha value is -1.51. The second-order valence-corrected chi connectivity index (χ2v) is 3.88. The van der Waals surface area contributed by atoms with E-state index in [1.165, 1.54) is 12.1 Å². The third-order valence-electron chi connectivity index (χ3n) is 2.54. The van der Waals surface area contributed by atoms with E-state index in [-0.39, 0.29) is 17.3 Å². The highest BCUT2D eigenvalue weighted by molar-refractivity contribution is 5.99. The fourth-order valence-electron chi connectivity index (χ4n) is 1.71. The highest BCUT2D eigenvalue weighted by Crippen LogP contribution is 2.32. The molecule has 3 heteroatoms. The molecule has 0 aliphatic rings. The van der Waals surface area contributed by atoms with Gasteiger partial charge < -0.3 is 10.2 Å². The SMILES string of the molecule is CCCC(=O)c1ccc(O)c(CCC)c1O. The Kier molecular flexibility index (Phi) is 4.35. The first kappa shape index (κ1) is 12.6. The zero-order chi connectivity index (χ0) is 12.1. The van der Waals surface area contributed by atoms with E-state index in [9.17, 15) is 15.0 Å². The number of aromatic hydroxyl groups is 2. The van der Waals surface area contributed by atoms with E-state index >= 15 is 0 Å². The smallest absolute Gasteiger partial charge is 0.166 e. The van der Waals surface area contributed by atoms with Crippen molar-refractivity contribution in [1.29, 1.82) is 0 Å². The molecule has 0 spiro atoms. The summed E-state index contributed by atoms with van der Waals surface area (Å²) in [6.07, 6.45) is 2.56. The molecule has 0 amide bonds. The van der Waals surface area contributed by atoms with E-state index in [2.05, 4.69) is 0 Å². The quantitative estimate of drug-likeness (QED) is 0.753. The number of hydrogen-bond acceptors (Lipinski definition) is 3. The van der Waals surface area contributed by atoms with Gasteiger partial charge in [-0.15, -0.1) is 0 Å². The third kappa shape index (κ3) is 2.54. The summed E-state index contributed by atoms with van der Waals surface area (Å²) in [7, 11) is 0. The predicted octanol–water partition coefficient (Wildman–Crippen LogP) is 3.03. The summed E-state index contributed by atoms with van der Waals surface area (Å²) in [4.78, 5) is 11.7. The predicted molar refractivity (Wildman–Crippen MR) is 63.0 cm³/mol. The van der Waals surface area contributed by atoms with Crippen LogP contribution in [-0.4, -0.2) is 16.0 Å². The molecule has 0 aliphatic heterocycles. The molecule has 0 radical (unpaired) electrons. The summed E-state index contributed by atoms with van der Waals surface area (Å²) < 4.78 is 0. The summed E-state index contributed by atoms with van der Waals surface area (Å²) in [5.74, 6) is -0.0648. The molecule has 3 nitrogen and oxygen atoms in total. The molecule has 0 aromatic heterocycles. The molecule has 0 bridgehead atoms. The van der Waals surface area contributed by atoms with E-state index < -0.39 is 0 Å². The molecule has 88 valence electrons. The zero-order valence-corrected chi connectivity index (χ0v) is 9.79. The first-order valence-corrected chi connectivity index (χ1v) is 5.68. The maximum atomic E-state index is 11.7. The summed E-state index contributed by atoms with van der Waals surface area (Å²) in [5, 5.41) is 19.5. The number of Topliss-reactive ketones (excluding diaryl/α,β-unsaturated/α-hetero) is 1. The van der Waals surface area contributed by atoms with Gasteiger partial charge in [0.15, 0.2) is 5.78 Å². The number of ketones is 1. The lowest BCUT2D eigenvalue weighted by molar-refractivity contribution is 0.0979. The van der Waals surface area contributed by atoms with Crippen molar-refractivity contribution in [3.63, 3.8) is 0 Å². The largest absolute Gasteiger partial charge is 0.508 e. The monoisotopic (exact) mass is 222 g/mol. The second-order valence-electron chi connectivity index (χ2n) is 3.88. The number of phenolic OH excluding ortho intramolecular Hbond substituents is 2. The van der Waals surface area contributed by atoms with Crippen LogP contribution < -0.4 is 0 Å². The molecule has 0 fully saturated rings. The van der Waals surface area contributed by atoms with Crippen molar-refractivity contribution >= 4 is 5.78 Å². The molecular formula is C13H18O3. The van der Waals surface area contributed by atoms with Gasteiger partial charge in [-0.05, 0) is 25.0 Å². The Morgan fingerprint density at radius 2 is 1.88 bits per heavy atom. The molecule has 1 rings (SSSR count). The molecule has 0 saturated carbocycles. The van der Waals surface area contributed by atoms with Gasteiger partial charge in [-0.2, -0.15) is 0 Å². The number of benzene rings is 1. The van der Waals surface area contributed by atoms with Crippen molar-refractivity contribution in [2.24, 2.45) is 0 Å². The normalized spacial score (nSPS) is 10.4. The van der Waals surface area contributed by atoms with E-state index in [1.54, 1.807) is 0 Å². The molecule has 16 heavy (non-hydrogen) atoms. The average molecular weight is 222 g/mol. The highest BCUT2D eigenvalue weighted by atomic mass is 16.3. The van der Waals surface area contributed by atoms with Gasteiger partial charge in [-0.1, -0.05) is 20.3 Å². The van der Waals surface area contributed by atoms with Gasteiger partial charge in [0.1, 0.15) is 11.5 Å². The highest BCUT2D eigenvalue weighted by Gasteiger charge is 2.16. The number of phenols is 2. The lowest BCUT2D eigenvalue weighted by atomic mass is 9.99. The van der Waals surface area contributed by atoms with Gasteiger partial charge in [-0.3, -0.25) is 4.79 Å². The van der Waals surface area contributed by atoms with Crippen LogP contribution in [0.3, 0.4) is 0 Å². The fraction of sp³-hybridized carbons (Fsp3) is 0.462. The number of carbonyl (C=O) groups excluding carboxylic acids is 1. The van der Waals surface area contributed by atoms with Crippen molar-refractivity contribution in [3.05, 3.63) is 23.3 Å². The Bertz CT molecular complexity index is 383. The minimum atomic E-state index is -0.0719. The summed E-state index contributed by atoms with van der Waals surface area (Å²) in [5.41, 5.74) is 0.799. The van der Waals surface area contributed by atoms with Crippen molar-refractivity contribution in [2.45, 2.75) is 39.5 Å². The topological polar surface area (TPSA) is 57.5 Å². The third-order valence-corrected chi connectivity index (χ3v) is 2.54. The first-order chi connectivity index (χ1) is 7.61. The van der Waals surface area contributed by atoms with Crippen LogP contribution in [0.5, 0.6) is 11.5 Å². The standard InChI is InChI=1S/C13H18O3/c1-3-5-9-12(15)8-7-10(13(9)16)11(14)6-4-2/h7-8,15-16H,3-6H2,1-2H3. The Labute approximate surface area is 95.7 Å². The van der Waals surface area contributed by atoms with Crippen LogP contribution in [0.4, 0.5) is 0 Å². The molecule has 0 atom stereocenters. The van der Waals surface area contributed by atoms with Crippen molar-refractivity contribution in [2.75, 3.05) is 0 Å². The lowest BCUT2D eigenvalue weighted by Crippen LogP contribution is -2.00. The molecule has 0 aliphatic carbocycles. The van der Waals surface area contributed by atoms with Gasteiger partial charge in [0, 0.05) is 12.0 Å². The van der Waals surface area contributed by atoms with E-state index in [0.29, 0.717) is 24.0 Å². The Morgan fingerprint density at radius 1 is 1.19 bits per heavy atom. The maximum Gasteiger partial charge on any atom is 0.166 e. The van der Waals surface area contributed by atoms with E-state index in [1.807, 2.05) is 13.8 Å². The van der Waals surface area contributed by atoms with Crippen LogP contribution in [0.2, 0.25) is 0 Å². The van der Waals surface area contributed by atoms with Crippen LogP contribution >= 0.6 is 0 Å². The zero-order valence-electron chi connectivity index (χ0n) is 9.79. The van der Waals surface area contributed by atoms with Crippen molar-refractivity contribution < 1.29 is 15.0 Å². The Morgan fingerprint density at radius 3 is 2.44 bits per heavy atom. The molecular weight excluding hydrogens is 204 g/mol. The van der Waals surface area contributed by atoms with Crippen LogP contribution in [0.15, 0.2) is 12.1 Å². The number of rotatable bonds is 5. The lowest BCUT2D eigenvalue weighted by Gasteiger charge is -2.10. The van der Waals surface area contributed by atoms with Crippen LogP contribution in [0.1, 0.15) is 49.0 Å². The van der Waals surface area contributed by atoms with Gasteiger partial charge in [0.2, 0.25) is 0 Å². The van der Waals surface area contributed by atoms with Crippen molar-refractivity contribution in [1.82, 2.24) is 0 Å². The second kappa shape index (κ2) is 5.54. The summed E-state index contributed by atoms with van der Waals surface area (Å²) in [6.45, 7) is 3.88. The minimum absolute atomic E-state index is 0.0553. The summed E-state index contributed by atoms with van der Waals surface area (Å²) >= 11 is 0. The fourth-order valence-corrected chi connectivity index (χ4v) is 1.71. The number of carbonyl (C=O) groups is 1. The van der Waals surface area contributed by atoms with Crippen LogP contribution in [0.25, 0.3) is 0 Å². The maximum absolute atomic E-state index is 11.7. The first-order valence-electron chi connectivity index (χ1n) is 5.68. The minimum Gasteiger partial charge on any atom is -0.508 e. The molecule has 0 unspecified atom stereocenters. The number of hydrogen-bond donors (Lipinski definition) is 2. The molecule has 0 saturated heterocycles. The van der Waals surface area contributed by atoms with Gasteiger partial charge in [-0.25, -0.2) is 0 Å². The Balaban J connectivity index is 3.12. The molecule has 2 N–H and O–H groups in total. The average Bonchev–Trinajstić information content (AvgIpc) is 2.24. The van der Waals surface area contributed by atoms with Gasteiger partial charge in [0.25, 0.3) is 0 Å². The summed E-state index contributed by atoms with van der Waals surface area (Å²) in [6, 6.07) is 2.97. The molecule has 1 aromatic rings. The van der Waals surface area contributed by atoms with Gasteiger partial charge >= 0.3 is 0 Å². The van der Waals surface area contributed by atoms with Crippen LogP contribution in [0, 0.1) is 0 Å². The molecule has 1 aromatic carbocycles. The van der Waals surface area contributed by atoms with E-state index in [4.69, 9.17) is 0 Å². The van der Waals surface area contributed by atoms with E-state index in [0.717, 1.165) is 12.8 Å². The van der Waals surface area contributed by atoms with Crippen LogP contribution in [-0.2, 0) is 6.42 Å². The van der Waals surface area contributed by atoms with Gasteiger partial charge in [0.05, 0.1) is 5.56 Å². The van der Waals surface area contributed by atoms with Crippen molar-refractivity contribution in [3.8, 4) is 11.5 Å². The molecule has 0 heterocycles.